The number of nitrogens with one attached hydrogen (secondary N) is 2. The number of anilines is 1. The van der Waals surface area contributed by atoms with Crippen molar-refractivity contribution in [3.8, 4) is 0 Å². The Morgan fingerprint density at radius 1 is 1.14 bits per heavy atom. The van der Waals surface area contributed by atoms with Crippen LogP contribution in [0.3, 0.4) is 0 Å². The maximum atomic E-state index is 12.4. The van der Waals surface area contributed by atoms with Crippen LogP contribution in [0, 0.1) is 0 Å². The Kier molecular flexibility index (Phi) is 8.63. The van der Waals surface area contributed by atoms with Gasteiger partial charge in [0.15, 0.2) is 0 Å². The maximum absolute atomic E-state index is 12.4. The lowest BCUT2D eigenvalue weighted by Crippen LogP contribution is -2.37. The molecule has 0 radical (unpaired) electrons. The molecule has 0 saturated carbocycles. The lowest BCUT2D eigenvalue weighted by atomic mass is 10.1. The smallest absolute Gasteiger partial charge is 0.319 e. The van der Waals surface area contributed by atoms with Gasteiger partial charge in [-0.05, 0) is 37.9 Å². The maximum Gasteiger partial charge on any atom is 0.319 e. The van der Waals surface area contributed by atoms with Gasteiger partial charge in [-0.2, -0.15) is 0 Å². The molecule has 2 aromatic carbocycles. The summed E-state index contributed by atoms with van der Waals surface area (Å²) < 4.78 is 0. The van der Waals surface area contributed by atoms with Gasteiger partial charge in [0.2, 0.25) is 5.91 Å². The van der Waals surface area contributed by atoms with E-state index < -0.39 is 0 Å². The number of hydrogen-bond acceptors (Lipinski definition) is 4. The van der Waals surface area contributed by atoms with Crippen LogP contribution in [0.15, 0.2) is 53.4 Å². The molecule has 0 spiro atoms. The SMILES string of the molecule is CN(C)C(CNC(=O)Nc1ccccc1SCCC(N)=O)c1ccccc1Cl. The zero-order valence-electron chi connectivity index (χ0n) is 15.9. The zero-order chi connectivity index (χ0) is 20.5. The van der Waals surface area contributed by atoms with Crippen molar-refractivity contribution in [3.05, 3.63) is 59.1 Å². The van der Waals surface area contributed by atoms with Gasteiger partial charge in [-0.3, -0.25) is 4.79 Å². The van der Waals surface area contributed by atoms with E-state index in [0.29, 0.717) is 23.0 Å². The van der Waals surface area contributed by atoms with E-state index >= 15 is 0 Å². The summed E-state index contributed by atoms with van der Waals surface area (Å²) in [6.45, 7) is 0.402. The van der Waals surface area contributed by atoms with Gasteiger partial charge >= 0.3 is 6.03 Å². The van der Waals surface area contributed by atoms with Gasteiger partial charge < -0.3 is 21.3 Å². The fourth-order valence-electron chi connectivity index (χ4n) is 2.63. The summed E-state index contributed by atoms with van der Waals surface area (Å²) >= 11 is 7.79. The molecule has 0 bridgehead atoms. The summed E-state index contributed by atoms with van der Waals surface area (Å²) in [6, 6.07) is 14.7. The van der Waals surface area contributed by atoms with Crippen LogP contribution in [0.25, 0.3) is 0 Å². The van der Waals surface area contributed by atoms with E-state index in [4.69, 9.17) is 17.3 Å². The number of urea groups is 1. The predicted molar refractivity (Wildman–Crippen MR) is 116 cm³/mol. The lowest BCUT2D eigenvalue weighted by molar-refractivity contribution is -0.117. The summed E-state index contributed by atoms with van der Waals surface area (Å²) in [5, 5.41) is 6.44. The number of thioether (sulfide) groups is 1. The van der Waals surface area contributed by atoms with Crippen LogP contribution in [0.5, 0.6) is 0 Å². The molecule has 1 atom stereocenters. The molecule has 3 amide bonds. The van der Waals surface area contributed by atoms with Gasteiger partial charge in [0.1, 0.15) is 0 Å². The third-order valence-corrected chi connectivity index (χ3v) is 5.50. The third-order valence-electron chi connectivity index (χ3n) is 4.08. The Morgan fingerprint density at radius 3 is 2.50 bits per heavy atom. The van der Waals surface area contributed by atoms with Crippen LogP contribution in [0.4, 0.5) is 10.5 Å². The highest BCUT2D eigenvalue weighted by Crippen LogP contribution is 2.28. The molecule has 0 fully saturated rings. The van der Waals surface area contributed by atoms with E-state index in [-0.39, 0.29) is 24.4 Å². The van der Waals surface area contributed by atoms with Gasteiger partial charge in [0, 0.05) is 28.6 Å². The summed E-state index contributed by atoms with van der Waals surface area (Å²) in [7, 11) is 3.89. The first-order chi connectivity index (χ1) is 13.4. The number of rotatable bonds is 9. The second-order valence-electron chi connectivity index (χ2n) is 6.40. The largest absolute Gasteiger partial charge is 0.370 e. The number of likely N-dealkylation sites (N-methyl/N-ethyl adjacent to an activating group) is 1. The first kappa shape index (κ1) is 22.1. The molecule has 6 nitrogen and oxygen atoms in total. The zero-order valence-corrected chi connectivity index (χ0v) is 17.5. The number of hydrogen-bond donors (Lipinski definition) is 3. The average Bonchev–Trinajstić information content (AvgIpc) is 2.64. The first-order valence-corrected chi connectivity index (χ1v) is 10.2. The fourth-order valence-corrected chi connectivity index (χ4v) is 3.86. The van der Waals surface area contributed by atoms with Crippen LogP contribution in [-0.2, 0) is 4.79 Å². The minimum absolute atomic E-state index is 0.0559. The summed E-state index contributed by atoms with van der Waals surface area (Å²) in [6.07, 6.45) is 0.285. The van der Waals surface area contributed by atoms with Crippen LogP contribution < -0.4 is 16.4 Å². The number of halogens is 1. The molecule has 28 heavy (non-hydrogen) atoms. The van der Waals surface area contributed by atoms with Crippen LogP contribution in [0.1, 0.15) is 18.0 Å². The molecular formula is C20H25ClN4O2S. The third kappa shape index (κ3) is 6.74. The number of amides is 3. The van der Waals surface area contributed by atoms with Crippen molar-refractivity contribution in [3.63, 3.8) is 0 Å². The van der Waals surface area contributed by atoms with Gasteiger partial charge in [0.05, 0.1) is 11.7 Å². The molecule has 1 unspecified atom stereocenters. The van der Waals surface area contributed by atoms with Crippen molar-refractivity contribution in [2.45, 2.75) is 17.4 Å². The number of carbonyl (C=O) groups excluding carboxylic acids is 2. The highest BCUT2D eigenvalue weighted by Gasteiger charge is 2.18. The molecule has 2 aromatic rings. The minimum atomic E-state index is -0.343. The Bertz CT molecular complexity index is 816. The molecule has 0 aliphatic heterocycles. The van der Waals surface area contributed by atoms with E-state index in [1.165, 1.54) is 11.8 Å². The van der Waals surface area contributed by atoms with Crippen molar-refractivity contribution >= 4 is 41.0 Å². The van der Waals surface area contributed by atoms with Gasteiger partial charge in [-0.15, -0.1) is 11.8 Å². The highest BCUT2D eigenvalue weighted by atomic mass is 35.5. The number of carbonyl (C=O) groups is 2. The molecule has 0 aliphatic rings. The molecule has 8 heteroatoms. The van der Waals surface area contributed by atoms with E-state index in [0.717, 1.165) is 10.5 Å². The number of para-hydroxylation sites is 1. The number of primary amides is 1. The quantitative estimate of drug-likeness (QED) is 0.539. The molecule has 0 aliphatic carbocycles. The van der Waals surface area contributed by atoms with Gasteiger partial charge in [0.25, 0.3) is 0 Å². The molecule has 150 valence electrons. The van der Waals surface area contributed by atoms with Crippen molar-refractivity contribution in [2.75, 3.05) is 31.7 Å². The van der Waals surface area contributed by atoms with Gasteiger partial charge in [-0.1, -0.05) is 41.9 Å². The van der Waals surface area contributed by atoms with Crippen molar-refractivity contribution in [1.29, 1.82) is 0 Å². The van der Waals surface area contributed by atoms with Crippen LogP contribution in [-0.4, -0.2) is 43.2 Å². The number of nitrogens with two attached hydrogens (primary N) is 1. The van der Waals surface area contributed by atoms with Crippen molar-refractivity contribution in [1.82, 2.24) is 10.2 Å². The lowest BCUT2D eigenvalue weighted by Gasteiger charge is -2.26. The van der Waals surface area contributed by atoms with Crippen molar-refractivity contribution < 1.29 is 9.59 Å². The normalized spacial score (nSPS) is 11.9. The second-order valence-corrected chi connectivity index (χ2v) is 7.94. The summed E-state index contributed by atoms with van der Waals surface area (Å²) in [5.74, 6) is 0.218. The predicted octanol–water partition coefficient (Wildman–Crippen LogP) is 3.73. The molecule has 4 N–H and O–H groups in total. The summed E-state index contributed by atoms with van der Waals surface area (Å²) in [4.78, 5) is 26.2. The fraction of sp³-hybridized carbons (Fsp3) is 0.300. The Balaban J connectivity index is 1.98. The Morgan fingerprint density at radius 2 is 1.82 bits per heavy atom. The standard InChI is InChI=1S/C20H25ClN4O2S/c1-25(2)17(14-7-3-4-8-15(14)21)13-23-20(27)24-16-9-5-6-10-18(16)28-12-11-19(22)26/h3-10,17H,11-13H2,1-2H3,(H2,22,26)(H2,23,24,27). The monoisotopic (exact) mass is 420 g/mol. The van der Waals surface area contributed by atoms with E-state index in [2.05, 4.69) is 10.6 Å². The van der Waals surface area contributed by atoms with E-state index in [1.54, 1.807) is 0 Å². The second kappa shape index (κ2) is 10.9. The molecule has 0 saturated heterocycles. The van der Waals surface area contributed by atoms with Crippen LogP contribution in [0.2, 0.25) is 5.02 Å². The minimum Gasteiger partial charge on any atom is -0.370 e. The summed E-state index contributed by atoms with van der Waals surface area (Å²) in [5.41, 5.74) is 6.82. The highest BCUT2D eigenvalue weighted by molar-refractivity contribution is 7.99. The first-order valence-electron chi connectivity index (χ1n) is 8.84. The average molecular weight is 421 g/mol. The van der Waals surface area contributed by atoms with Crippen molar-refractivity contribution in [2.24, 2.45) is 5.73 Å². The Labute approximate surface area is 174 Å². The number of nitrogens with zero attached hydrogens (tertiary/aromatic N) is 1. The van der Waals surface area contributed by atoms with Crippen LogP contribution >= 0.6 is 23.4 Å². The van der Waals surface area contributed by atoms with Gasteiger partial charge in [-0.25, -0.2) is 4.79 Å². The molecular weight excluding hydrogens is 396 g/mol. The molecule has 0 heterocycles. The number of benzene rings is 2. The van der Waals surface area contributed by atoms with E-state index in [1.807, 2.05) is 67.5 Å². The molecule has 0 aromatic heterocycles. The Hall–Kier alpha value is -2.22. The van der Waals surface area contributed by atoms with E-state index in [9.17, 15) is 9.59 Å². The molecule has 2 rings (SSSR count). The topological polar surface area (TPSA) is 87.5 Å².